The normalized spacial score (nSPS) is 13.5. The molecular weight excluding hydrogens is 319 g/mol. The highest BCUT2D eigenvalue weighted by atomic mass is 32.2. The van der Waals surface area contributed by atoms with Gasteiger partial charge in [-0.15, -0.1) is 0 Å². The van der Waals surface area contributed by atoms with Gasteiger partial charge in [0, 0.05) is 25.8 Å². The Bertz CT molecular complexity index is 769. The maximum absolute atomic E-state index is 13.1. The number of rotatable bonds is 6. The first-order valence-electron chi connectivity index (χ1n) is 7.12. The second-order valence-electron chi connectivity index (χ2n) is 5.64. The summed E-state index contributed by atoms with van der Waals surface area (Å²) in [4.78, 5) is 2.04. The molecule has 23 heavy (non-hydrogen) atoms. The topological polar surface area (TPSA) is 67.2 Å². The lowest BCUT2D eigenvalue weighted by Crippen LogP contribution is -2.34. The van der Waals surface area contributed by atoms with Crippen LogP contribution >= 0.6 is 0 Å². The van der Waals surface area contributed by atoms with Gasteiger partial charge in [0.1, 0.15) is 10.7 Å². The number of aryl methyl sites for hydroxylation is 2. The first kappa shape index (κ1) is 17.6. The predicted molar refractivity (Wildman–Crippen MR) is 86.0 cm³/mol. The van der Waals surface area contributed by atoms with Crippen LogP contribution in [0.1, 0.15) is 17.3 Å². The number of nitrogens with one attached hydrogen (secondary N) is 1. The molecule has 8 heteroatoms. The summed E-state index contributed by atoms with van der Waals surface area (Å²) in [5.41, 5.74) is 1.28. The number of halogens is 1. The number of hydrogen-bond acceptors (Lipinski definition) is 4. The largest absolute Gasteiger partial charge is 0.301 e. The molecular formula is C15H21FN4O2S. The molecule has 0 aliphatic heterocycles. The van der Waals surface area contributed by atoms with Gasteiger partial charge < -0.3 is 4.90 Å². The van der Waals surface area contributed by atoms with Crippen molar-refractivity contribution in [1.29, 1.82) is 0 Å². The molecule has 1 atom stereocenters. The number of likely N-dealkylation sites (N-methyl/N-ethyl adjacent to an activating group) is 1. The van der Waals surface area contributed by atoms with Gasteiger partial charge in [0.25, 0.3) is 0 Å². The van der Waals surface area contributed by atoms with Crippen LogP contribution in [0.25, 0.3) is 0 Å². The molecule has 2 aromatic rings. The van der Waals surface area contributed by atoms with Gasteiger partial charge in [-0.1, -0.05) is 12.1 Å². The summed E-state index contributed by atoms with van der Waals surface area (Å²) < 4.78 is 42.0. The number of sulfonamides is 1. The van der Waals surface area contributed by atoms with Crippen molar-refractivity contribution < 1.29 is 12.8 Å². The van der Waals surface area contributed by atoms with E-state index < -0.39 is 10.0 Å². The number of hydrogen-bond donors (Lipinski definition) is 1. The highest BCUT2D eigenvalue weighted by Crippen LogP contribution is 2.19. The van der Waals surface area contributed by atoms with E-state index in [2.05, 4.69) is 9.82 Å². The van der Waals surface area contributed by atoms with Crippen LogP contribution < -0.4 is 4.72 Å². The molecule has 0 bridgehead atoms. The molecule has 126 valence electrons. The van der Waals surface area contributed by atoms with Crippen molar-refractivity contribution >= 4 is 10.0 Å². The Morgan fingerprint density at radius 2 is 1.91 bits per heavy atom. The molecule has 1 N–H and O–H groups in total. The summed E-state index contributed by atoms with van der Waals surface area (Å²) in [6, 6.07) is 5.84. The molecule has 0 spiro atoms. The van der Waals surface area contributed by atoms with Crippen molar-refractivity contribution in [2.45, 2.75) is 17.9 Å². The minimum absolute atomic E-state index is 0.164. The highest BCUT2D eigenvalue weighted by Gasteiger charge is 2.22. The van der Waals surface area contributed by atoms with Gasteiger partial charge in [-0.05, 0) is 38.7 Å². The van der Waals surface area contributed by atoms with Crippen molar-refractivity contribution in [3.8, 4) is 0 Å². The first-order valence-corrected chi connectivity index (χ1v) is 8.61. The number of nitrogens with zero attached hydrogens (tertiary/aromatic N) is 3. The van der Waals surface area contributed by atoms with Gasteiger partial charge in [-0.3, -0.25) is 4.68 Å². The van der Waals surface area contributed by atoms with Crippen LogP contribution in [-0.2, 0) is 17.1 Å². The lowest BCUT2D eigenvalue weighted by Gasteiger charge is -2.25. The molecule has 0 saturated carbocycles. The van der Waals surface area contributed by atoms with Gasteiger partial charge in [-0.2, -0.15) is 5.10 Å². The van der Waals surface area contributed by atoms with E-state index in [1.54, 1.807) is 26.1 Å². The van der Waals surface area contributed by atoms with E-state index in [4.69, 9.17) is 0 Å². The standard InChI is InChI=1S/C15H21FN4O2S/c1-11-15(10-20(4)18-11)23(21,22)17-9-14(19(2)3)12-5-7-13(16)8-6-12/h5-8,10,14,17H,9H2,1-4H3. The van der Waals surface area contributed by atoms with Crippen molar-refractivity contribution in [2.75, 3.05) is 20.6 Å². The Labute approximate surface area is 136 Å². The van der Waals surface area contributed by atoms with Crippen LogP contribution in [0, 0.1) is 12.7 Å². The molecule has 0 amide bonds. The quantitative estimate of drug-likeness (QED) is 0.864. The molecule has 6 nitrogen and oxygen atoms in total. The van der Waals surface area contributed by atoms with E-state index in [0.29, 0.717) is 5.69 Å². The second-order valence-corrected chi connectivity index (χ2v) is 7.37. The van der Waals surface area contributed by atoms with Crippen molar-refractivity contribution in [1.82, 2.24) is 19.4 Å². The number of aromatic nitrogens is 2. The fourth-order valence-corrected chi connectivity index (χ4v) is 3.65. The summed E-state index contributed by atoms with van der Waals surface area (Å²) in [6.07, 6.45) is 1.47. The van der Waals surface area contributed by atoms with E-state index >= 15 is 0 Å². The molecule has 0 radical (unpaired) electrons. The van der Waals surface area contributed by atoms with E-state index in [9.17, 15) is 12.8 Å². The van der Waals surface area contributed by atoms with E-state index in [-0.39, 0.29) is 23.3 Å². The zero-order chi connectivity index (χ0) is 17.2. The fourth-order valence-electron chi connectivity index (χ4n) is 2.39. The summed E-state index contributed by atoms with van der Waals surface area (Å²) in [5, 5.41) is 4.05. The lowest BCUT2D eigenvalue weighted by molar-refractivity contribution is 0.299. The molecule has 0 saturated heterocycles. The maximum atomic E-state index is 13.1. The van der Waals surface area contributed by atoms with Crippen LogP contribution in [0.2, 0.25) is 0 Å². The Balaban J connectivity index is 2.18. The molecule has 0 aliphatic rings. The third-order valence-electron chi connectivity index (χ3n) is 3.60. The summed E-state index contributed by atoms with van der Waals surface area (Å²) in [5.74, 6) is -0.321. The summed E-state index contributed by atoms with van der Waals surface area (Å²) in [6.45, 7) is 1.83. The van der Waals surface area contributed by atoms with Crippen LogP contribution in [0.3, 0.4) is 0 Å². The third kappa shape index (κ3) is 4.15. The Kier molecular flexibility index (Phi) is 5.18. The van der Waals surface area contributed by atoms with Gasteiger partial charge in [-0.25, -0.2) is 17.5 Å². The van der Waals surface area contributed by atoms with Crippen molar-refractivity contribution in [3.05, 3.63) is 47.5 Å². The second kappa shape index (κ2) is 6.77. The smallest absolute Gasteiger partial charge is 0.244 e. The summed E-state index contributed by atoms with van der Waals surface area (Å²) >= 11 is 0. The van der Waals surface area contributed by atoms with Crippen LogP contribution in [-0.4, -0.2) is 43.7 Å². The van der Waals surface area contributed by atoms with Gasteiger partial charge in [0.15, 0.2) is 0 Å². The average Bonchev–Trinajstić information content (AvgIpc) is 2.80. The Hall–Kier alpha value is -1.77. The lowest BCUT2D eigenvalue weighted by atomic mass is 10.1. The van der Waals surface area contributed by atoms with E-state index in [1.807, 2.05) is 19.0 Å². The fraction of sp³-hybridized carbons (Fsp3) is 0.400. The SMILES string of the molecule is Cc1nn(C)cc1S(=O)(=O)NCC(c1ccc(F)cc1)N(C)C. The third-order valence-corrected chi connectivity index (χ3v) is 5.13. The van der Waals surface area contributed by atoms with E-state index in [1.165, 1.54) is 23.0 Å². The molecule has 1 heterocycles. The monoisotopic (exact) mass is 340 g/mol. The average molecular weight is 340 g/mol. The summed E-state index contributed by atoms with van der Waals surface area (Å²) in [7, 11) is 1.71. The first-order chi connectivity index (χ1) is 10.7. The number of benzene rings is 1. The zero-order valence-corrected chi connectivity index (χ0v) is 14.4. The Morgan fingerprint density at radius 1 is 1.30 bits per heavy atom. The minimum Gasteiger partial charge on any atom is -0.301 e. The molecule has 2 rings (SSSR count). The van der Waals surface area contributed by atoms with Crippen molar-refractivity contribution in [3.63, 3.8) is 0 Å². The molecule has 0 aliphatic carbocycles. The highest BCUT2D eigenvalue weighted by molar-refractivity contribution is 7.89. The van der Waals surface area contributed by atoms with Crippen LogP contribution in [0.4, 0.5) is 4.39 Å². The molecule has 1 aromatic heterocycles. The molecule has 1 aromatic carbocycles. The zero-order valence-electron chi connectivity index (χ0n) is 13.6. The molecule has 1 unspecified atom stereocenters. The van der Waals surface area contributed by atoms with Crippen LogP contribution in [0.5, 0.6) is 0 Å². The van der Waals surface area contributed by atoms with Crippen molar-refractivity contribution in [2.24, 2.45) is 7.05 Å². The van der Waals surface area contributed by atoms with Gasteiger partial charge >= 0.3 is 0 Å². The van der Waals surface area contributed by atoms with Gasteiger partial charge in [0.05, 0.1) is 5.69 Å². The van der Waals surface area contributed by atoms with E-state index in [0.717, 1.165) is 5.56 Å². The maximum Gasteiger partial charge on any atom is 0.244 e. The molecule has 0 fully saturated rings. The van der Waals surface area contributed by atoms with Crippen LogP contribution in [0.15, 0.2) is 35.4 Å². The van der Waals surface area contributed by atoms with Gasteiger partial charge in [0.2, 0.25) is 10.0 Å². The Morgan fingerprint density at radius 3 is 2.39 bits per heavy atom. The predicted octanol–water partition coefficient (Wildman–Crippen LogP) is 1.45. The minimum atomic E-state index is -3.65.